The maximum absolute atomic E-state index is 12.3. The van der Waals surface area contributed by atoms with E-state index in [0.29, 0.717) is 17.0 Å². The Balaban J connectivity index is 2.40. The molecule has 1 aliphatic carbocycles. The summed E-state index contributed by atoms with van der Waals surface area (Å²) in [5.74, 6) is -0.639. The highest BCUT2D eigenvalue weighted by Gasteiger charge is 2.27. The average Bonchev–Trinajstić information content (AvgIpc) is 2.85. The van der Waals surface area contributed by atoms with E-state index in [1.54, 1.807) is 12.1 Å². The van der Waals surface area contributed by atoms with Gasteiger partial charge in [0.2, 0.25) is 0 Å². The summed E-state index contributed by atoms with van der Waals surface area (Å²) in [4.78, 5) is 38.0. The molecule has 0 spiro atoms. The number of hydrogen-bond acceptors (Lipinski definition) is 3. The third-order valence-electron chi connectivity index (χ3n) is 4.20. The summed E-state index contributed by atoms with van der Waals surface area (Å²) in [5, 5.41) is 9.35. The van der Waals surface area contributed by atoms with E-state index in [1.165, 1.54) is 10.6 Å². The number of carboxylic acids is 1. The molecule has 1 fully saturated rings. The van der Waals surface area contributed by atoms with Crippen molar-refractivity contribution in [2.45, 2.75) is 32.2 Å². The number of aromatic nitrogens is 2. The Labute approximate surface area is 120 Å². The minimum absolute atomic E-state index is 0.0420. The van der Waals surface area contributed by atoms with Gasteiger partial charge in [0, 0.05) is 6.04 Å². The minimum atomic E-state index is -1.10. The van der Waals surface area contributed by atoms with Gasteiger partial charge >= 0.3 is 17.1 Å². The second kappa shape index (κ2) is 4.87. The van der Waals surface area contributed by atoms with E-state index in [2.05, 4.69) is 11.9 Å². The van der Waals surface area contributed by atoms with Crippen LogP contribution in [0.2, 0.25) is 0 Å². The van der Waals surface area contributed by atoms with E-state index in [4.69, 9.17) is 0 Å². The van der Waals surface area contributed by atoms with Crippen molar-refractivity contribution in [3.05, 3.63) is 44.5 Å². The molecule has 21 heavy (non-hydrogen) atoms. The van der Waals surface area contributed by atoms with E-state index in [-0.39, 0.29) is 11.6 Å². The fraction of sp³-hybridized carbons (Fsp3) is 0.400. The summed E-state index contributed by atoms with van der Waals surface area (Å²) in [7, 11) is 0. The number of rotatable bonds is 2. The fourth-order valence-corrected chi connectivity index (χ4v) is 3.22. The van der Waals surface area contributed by atoms with E-state index >= 15 is 0 Å². The van der Waals surface area contributed by atoms with Gasteiger partial charge in [0.25, 0.3) is 0 Å². The van der Waals surface area contributed by atoms with E-state index < -0.39 is 17.1 Å². The first-order valence-electron chi connectivity index (χ1n) is 7.00. The minimum Gasteiger partial charge on any atom is -0.478 e. The molecule has 2 aromatic rings. The molecule has 1 aromatic carbocycles. The Hall–Kier alpha value is -2.37. The van der Waals surface area contributed by atoms with Crippen LogP contribution in [0.1, 0.15) is 42.6 Å². The molecule has 0 radical (unpaired) electrons. The first-order valence-corrected chi connectivity index (χ1v) is 7.00. The summed E-state index contributed by atoms with van der Waals surface area (Å²) in [6.45, 7) is 2.10. The summed E-state index contributed by atoms with van der Waals surface area (Å²) in [6.07, 6.45) is 2.54. The van der Waals surface area contributed by atoms with Crippen LogP contribution in [0.25, 0.3) is 11.0 Å². The van der Waals surface area contributed by atoms with Crippen LogP contribution in [0.5, 0.6) is 0 Å². The van der Waals surface area contributed by atoms with Crippen molar-refractivity contribution >= 4 is 17.0 Å². The van der Waals surface area contributed by atoms with Crippen molar-refractivity contribution in [2.75, 3.05) is 0 Å². The molecule has 0 bridgehead atoms. The number of fused-ring (bicyclic) bond motifs is 1. The first-order chi connectivity index (χ1) is 9.99. The van der Waals surface area contributed by atoms with Gasteiger partial charge in [-0.25, -0.2) is 4.79 Å². The molecular formula is C15H16N2O4. The summed E-state index contributed by atoms with van der Waals surface area (Å²) < 4.78 is 1.39. The van der Waals surface area contributed by atoms with Crippen molar-refractivity contribution in [2.24, 2.45) is 5.92 Å². The number of hydrogen-bond donors (Lipinski definition) is 2. The maximum atomic E-state index is 12.3. The largest absolute Gasteiger partial charge is 0.478 e. The van der Waals surface area contributed by atoms with Crippen molar-refractivity contribution in [3.63, 3.8) is 0 Å². The topological polar surface area (TPSA) is 92.2 Å². The molecule has 2 N–H and O–H groups in total. The Kier molecular flexibility index (Phi) is 3.16. The highest BCUT2D eigenvalue weighted by atomic mass is 16.4. The molecule has 1 saturated carbocycles. The number of carbonyl (C=O) groups is 1. The van der Waals surface area contributed by atoms with Gasteiger partial charge in [-0.15, -0.1) is 0 Å². The first kappa shape index (κ1) is 13.6. The molecule has 0 aliphatic heterocycles. The highest BCUT2D eigenvalue weighted by Crippen LogP contribution is 2.35. The zero-order valence-corrected chi connectivity index (χ0v) is 11.6. The number of H-pyrrole nitrogens is 1. The number of para-hydroxylation sites is 1. The van der Waals surface area contributed by atoms with Crippen molar-refractivity contribution in [1.82, 2.24) is 9.55 Å². The monoisotopic (exact) mass is 288 g/mol. The standard InChI is InChI=1S/C15H16N2O4/c1-8-5-6-9(7-8)17-12-10(15(20)21)3-2-4-11(12)16-13(18)14(17)19/h2-4,8-9H,5-7H2,1H3,(H,16,18)(H,20,21). The van der Waals surface area contributed by atoms with Gasteiger partial charge in [-0.3, -0.25) is 14.2 Å². The van der Waals surface area contributed by atoms with Gasteiger partial charge in [-0.05, 0) is 37.3 Å². The number of aromatic carboxylic acids is 1. The molecule has 1 heterocycles. The van der Waals surface area contributed by atoms with Crippen LogP contribution in [-0.4, -0.2) is 20.6 Å². The lowest BCUT2D eigenvalue weighted by atomic mass is 10.1. The predicted octanol–water partition coefficient (Wildman–Crippen LogP) is 1.75. The summed E-state index contributed by atoms with van der Waals surface area (Å²) in [5.41, 5.74) is -0.631. The number of aromatic amines is 1. The quantitative estimate of drug-likeness (QED) is 0.823. The molecule has 1 aliphatic rings. The van der Waals surface area contributed by atoms with Gasteiger partial charge < -0.3 is 10.1 Å². The molecular weight excluding hydrogens is 272 g/mol. The second-order valence-electron chi connectivity index (χ2n) is 5.71. The van der Waals surface area contributed by atoms with Crippen LogP contribution >= 0.6 is 0 Å². The Morgan fingerprint density at radius 3 is 2.71 bits per heavy atom. The second-order valence-corrected chi connectivity index (χ2v) is 5.71. The smallest absolute Gasteiger partial charge is 0.337 e. The van der Waals surface area contributed by atoms with Gasteiger partial charge in [0.1, 0.15) is 0 Å². The lowest BCUT2D eigenvalue weighted by Gasteiger charge is -2.17. The molecule has 0 amide bonds. The number of nitrogens with one attached hydrogen (secondary N) is 1. The summed E-state index contributed by atoms with van der Waals surface area (Å²) >= 11 is 0. The van der Waals surface area contributed by atoms with E-state index in [0.717, 1.165) is 19.3 Å². The van der Waals surface area contributed by atoms with Crippen LogP contribution in [0.4, 0.5) is 0 Å². The van der Waals surface area contributed by atoms with Crippen molar-refractivity contribution in [3.8, 4) is 0 Å². The Bertz CT molecular complexity index is 834. The number of carboxylic acid groups (broad SMARTS) is 1. The van der Waals surface area contributed by atoms with Gasteiger partial charge in [0.05, 0.1) is 16.6 Å². The third-order valence-corrected chi connectivity index (χ3v) is 4.20. The lowest BCUT2D eigenvalue weighted by Crippen LogP contribution is -2.38. The van der Waals surface area contributed by atoms with E-state index in [1.807, 2.05) is 0 Å². The lowest BCUT2D eigenvalue weighted by molar-refractivity contribution is 0.0698. The molecule has 1 aromatic heterocycles. The fourth-order valence-electron chi connectivity index (χ4n) is 3.22. The van der Waals surface area contributed by atoms with Gasteiger partial charge in [-0.1, -0.05) is 13.0 Å². The van der Waals surface area contributed by atoms with Crippen molar-refractivity contribution in [1.29, 1.82) is 0 Å². The molecule has 2 atom stereocenters. The Morgan fingerprint density at radius 1 is 1.33 bits per heavy atom. The van der Waals surface area contributed by atoms with Crippen LogP contribution in [-0.2, 0) is 0 Å². The van der Waals surface area contributed by atoms with Crippen LogP contribution in [0, 0.1) is 5.92 Å². The SMILES string of the molecule is CC1CCC(n2c(=O)c(=O)[nH]c3cccc(C(=O)O)c32)C1. The molecule has 110 valence electrons. The van der Waals surface area contributed by atoms with Crippen LogP contribution < -0.4 is 11.1 Å². The zero-order valence-electron chi connectivity index (χ0n) is 11.6. The number of benzene rings is 1. The third kappa shape index (κ3) is 2.16. The molecule has 0 saturated heterocycles. The maximum Gasteiger partial charge on any atom is 0.337 e. The van der Waals surface area contributed by atoms with Crippen LogP contribution in [0.3, 0.4) is 0 Å². The molecule has 2 unspecified atom stereocenters. The average molecular weight is 288 g/mol. The molecule has 6 nitrogen and oxygen atoms in total. The highest BCUT2D eigenvalue weighted by molar-refractivity contribution is 6.00. The zero-order chi connectivity index (χ0) is 15.1. The van der Waals surface area contributed by atoms with E-state index in [9.17, 15) is 19.5 Å². The summed E-state index contributed by atoms with van der Waals surface area (Å²) in [6, 6.07) is 4.53. The van der Waals surface area contributed by atoms with Crippen LogP contribution in [0.15, 0.2) is 27.8 Å². The van der Waals surface area contributed by atoms with Gasteiger partial charge in [0.15, 0.2) is 0 Å². The van der Waals surface area contributed by atoms with Crippen molar-refractivity contribution < 1.29 is 9.90 Å². The Morgan fingerprint density at radius 2 is 2.10 bits per heavy atom. The van der Waals surface area contributed by atoms with Gasteiger partial charge in [-0.2, -0.15) is 0 Å². The number of nitrogens with zero attached hydrogens (tertiary/aromatic N) is 1. The molecule has 3 rings (SSSR count). The molecule has 6 heteroatoms. The predicted molar refractivity (Wildman–Crippen MR) is 77.8 cm³/mol. The normalized spacial score (nSPS) is 21.8.